The van der Waals surface area contributed by atoms with Crippen molar-refractivity contribution in [3.05, 3.63) is 44.9 Å². The average Bonchev–Trinajstić information content (AvgIpc) is 2.77. The molecule has 1 aromatic carbocycles. The first-order valence-electron chi connectivity index (χ1n) is 4.64. The summed E-state index contributed by atoms with van der Waals surface area (Å²) in [6.07, 6.45) is 1.22. The van der Waals surface area contributed by atoms with Crippen molar-refractivity contribution in [2.45, 2.75) is 6.54 Å². The average molecular weight is 361 g/mol. The Bertz CT molecular complexity index is 508. The second-order valence-electron chi connectivity index (χ2n) is 3.19. The highest BCUT2D eigenvalue weighted by molar-refractivity contribution is 9.11. The summed E-state index contributed by atoms with van der Waals surface area (Å²) in [4.78, 5) is 15.6. The van der Waals surface area contributed by atoms with Gasteiger partial charge in [-0.05, 0) is 18.2 Å². The van der Waals surface area contributed by atoms with Crippen LogP contribution in [0.15, 0.2) is 38.1 Å². The van der Waals surface area contributed by atoms with Gasteiger partial charge >= 0.3 is 0 Å². The number of benzene rings is 1. The van der Waals surface area contributed by atoms with E-state index in [0.717, 1.165) is 8.95 Å². The fourth-order valence-electron chi connectivity index (χ4n) is 1.22. The van der Waals surface area contributed by atoms with Gasteiger partial charge in [-0.2, -0.15) is 4.98 Å². The van der Waals surface area contributed by atoms with Gasteiger partial charge in [0.25, 0.3) is 5.91 Å². The molecule has 88 valence electrons. The normalized spacial score (nSPS) is 10.2. The Morgan fingerprint density at radius 2 is 2.00 bits per heavy atom. The Kier molecular flexibility index (Phi) is 3.90. The molecule has 0 saturated heterocycles. The lowest BCUT2D eigenvalue weighted by Gasteiger charge is -2.04. The van der Waals surface area contributed by atoms with Gasteiger partial charge in [0.15, 0.2) is 5.82 Å². The highest BCUT2D eigenvalue weighted by Crippen LogP contribution is 2.20. The predicted octanol–water partition coefficient (Wildman–Crippen LogP) is 2.52. The molecule has 1 N–H and O–H groups in total. The van der Waals surface area contributed by atoms with Crippen molar-refractivity contribution >= 4 is 37.8 Å². The Morgan fingerprint density at radius 3 is 2.59 bits per heavy atom. The van der Waals surface area contributed by atoms with Gasteiger partial charge < -0.3 is 9.84 Å². The lowest BCUT2D eigenvalue weighted by Crippen LogP contribution is -2.23. The molecular formula is C10H7Br2N3O2. The molecule has 0 unspecified atom stereocenters. The molecule has 0 fully saturated rings. The maximum atomic E-state index is 11.8. The second-order valence-corrected chi connectivity index (χ2v) is 5.02. The number of nitrogens with one attached hydrogen (secondary N) is 1. The van der Waals surface area contributed by atoms with E-state index in [1.54, 1.807) is 12.1 Å². The summed E-state index contributed by atoms with van der Waals surface area (Å²) in [6, 6.07) is 5.32. The number of aromatic nitrogens is 2. The van der Waals surface area contributed by atoms with Crippen LogP contribution in [0.1, 0.15) is 16.2 Å². The minimum Gasteiger partial charge on any atom is -0.345 e. The van der Waals surface area contributed by atoms with E-state index in [4.69, 9.17) is 0 Å². The molecule has 0 spiro atoms. The summed E-state index contributed by atoms with van der Waals surface area (Å²) >= 11 is 6.64. The van der Waals surface area contributed by atoms with Crippen molar-refractivity contribution < 1.29 is 9.32 Å². The highest BCUT2D eigenvalue weighted by Gasteiger charge is 2.08. The lowest BCUT2D eigenvalue weighted by atomic mass is 10.2. The fraction of sp³-hybridized carbons (Fsp3) is 0.100. The molecule has 0 aliphatic carbocycles. The maximum Gasteiger partial charge on any atom is 0.251 e. The Hall–Kier alpha value is -1.21. The van der Waals surface area contributed by atoms with Crippen molar-refractivity contribution in [3.8, 4) is 0 Å². The molecule has 0 aliphatic rings. The van der Waals surface area contributed by atoms with Gasteiger partial charge in [-0.1, -0.05) is 37.0 Å². The molecule has 1 amide bonds. The van der Waals surface area contributed by atoms with Crippen molar-refractivity contribution in [2.75, 3.05) is 0 Å². The van der Waals surface area contributed by atoms with Crippen LogP contribution in [-0.4, -0.2) is 16.0 Å². The summed E-state index contributed by atoms with van der Waals surface area (Å²) in [6.45, 7) is 0.236. The fourth-order valence-corrected chi connectivity index (χ4v) is 2.51. The highest BCUT2D eigenvalue weighted by atomic mass is 79.9. The number of hydrogen-bond acceptors (Lipinski definition) is 4. The van der Waals surface area contributed by atoms with E-state index in [-0.39, 0.29) is 12.5 Å². The molecule has 2 rings (SSSR count). The van der Waals surface area contributed by atoms with E-state index < -0.39 is 0 Å². The van der Waals surface area contributed by atoms with E-state index in [9.17, 15) is 4.79 Å². The number of halogens is 2. The molecule has 0 radical (unpaired) electrons. The summed E-state index contributed by atoms with van der Waals surface area (Å²) < 4.78 is 6.22. The van der Waals surface area contributed by atoms with Gasteiger partial charge in [-0.3, -0.25) is 4.79 Å². The van der Waals surface area contributed by atoms with Crippen LogP contribution < -0.4 is 5.32 Å². The standard InChI is InChI=1S/C10H7Br2N3O2/c11-7-1-6(2-8(12)3-7)10(16)13-4-9-14-5-17-15-9/h1-3,5H,4H2,(H,13,16). The predicted molar refractivity (Wildman–Crippen MR) is 67.3 cm³/mol. The van der Waals surface area contributed by atoms with Crippen molar-refractivity contribution in [1.82, 2.24) is 15.5 Å². The molecule has 0 saturated carbocycles. The number of amides is 1. The van der Waals surface area contributed by atoms with Gasteiger partial charge in [0, 0.05) is 14.5 Å². The van der Waals surface area contributed by atoms with Crippen molar-refractivity contribution in [3.63, 3.8) is 0 Å². The third-order valence-corrected chi connectivity index (χ3v) is 2.85. The molecule has 5 nitrogen and oxygen atoms in total. The first-order chi connectivity index (χ1) is 8.15. The zero-order valence-electron chi connectivity index (χ0n) is 8.48. The first kappa shape index (κ1) is 12.3. The van der Waals surface area contributed by atoms with Crippen LogP contribution in [0, 0.1) is 0 Å². The van der Waals surface area contributed by atoms with Crippen LogP contribution in [-0.2, 0) is 6.54 Å². The zero-order chi connectivity index (χ0) is 12.3. The molecular weight excluding hydrogens is 354 g/mol. The van der Waals surface area contributed by atoms with Gasteiger partial charge in [0.1, 0.15) is 0 Å². The van der Waals surface area contributed by atoms with Gasteiger partial charge in [-0.15, -0.1) is 0 Å². The monoisotopic (exact) mass is 359 g/mol. The van der Waals surface area contributed by atoms with E-state index in [1.807, 2.05) is 6.07 Å². The number of carbonyl (C=O) groups excluding carboxylic acids is 1. The minimum absolute atomic E-state index is 0.197. The Morgan fingerprint density at radius 1 is 1.29 bits per heavy atom. The van der Waals surface area contributed by atoms with E-state index in [1.165, 1.54) is 6.39 Å². The SMILES string of the molecule is O=C(NCc1ncon1)c1cc(Br)cc(Br)c1. The van der Waals surface area contributed by atoms with E-state index >= 15 is 0 Å². The Labute approximate surface area is 114 Å². The molecule has 0 atom stereocenters. The number of hydrogen-bond donors (Lipinski definition) is 1. The molecule has 17 heavy (non-hydrogen) atoms. The molecule has 0 bridgehead atoms. The largest absolute Gasteiger partial charge is 0.345 e. The van der Waals surface area contributed by atoms with Crippen molar-refractivity contribution in [2.24, 2.45) is 0 Å². The van der Waals surface area contributed by atoms with Crippen molar-refractivity contribution in [1.29, 1.82) is 0 Å². The van der Waals surface area contributed by atoms with Crippen LogP contribution in [0.4, 0.5) is 0 Å². The Balaban J connectivity index is 2.04. The zero-order valence-corrected chi connectivity index (χ0v) is 11.7. The smallest absolute Gasteiger partial charge is 0.251 e. The summed E-state index contributed by atoms with van der Waals surface area (Å²) in [5.74, 6) is 0.240. The van der Waals surface area contributed by atoms with Crippen LogP contribution in [0.3, 0.4) is 0 Å². The van der Waals surface area contributed by atoms with E-state index in [2.05, 4.69) is 51.8 Å². The number of rotatable bonds is 3. The van der Waals surface area contributed by atoms with Gasteiger partial charge in [-0.25, -0.2) is 0 Å². The summed E-state index contributed by atoms with van der Waals surface area (Å²) in [5.41, 5.74) is 0.551. The molecule has 2 aromatic rings. The summed E-state index contributed by atoms with van der Waals surface area (Å²) in [7, 11) is 0. The van der Waals surface area contributed by atoms with Crippen LogP contribution in [0.25, 0.3) is 0 Å². The summed E-state index contributed by atoms with van der Waals surface area (Å²) in [5, 5.41) is 6.29. The van der Waals surface area contributed by atoms with Gasteiger partial charge in [0.05, 0.1) is 6.54 Å². The van der Waals surface area contributed by atoms with Crippen LogP contribution in [0.5, 0.6) is 0 Å². The minimum atomic E-state index is -0.197. The van der Waals surface area contributed by atoms with Gasteiger partial charge in [0.2, 0.25) is 6.39 Å². The molecule has 1 heterocycles. The molecule has 7 heteroatoms. The maximum absolute atomic E-state index is 11.8. The number of carbonyl (C=O) groups is 1. The molecule has 0 aliphatic heterocycles. The quantitative estimate of drug-likeness (QED) is 0.913. The lowest BCUT2D eigenvalue weighted by molar-refractivity contribution is 0.0949. The number of nitrogens with zero attached hydrogens (tertiary/aromatic N) is 2. The van der Waals surface area contributed by atoms with E-state index in [0.29, 0.717) is 11.4 Å². The topological polar surface area (TPSA) is 68.0 Å². The third kappa shape index (κ3) is 3.37. The first-order valence-corrected chi connectivity index (χ1v) is 6.23. The molecule has 1 aromatic heterocycles. The third-order valence-electron chi connectivity index (χ3n) is 1.94. The van der Waals surface area contributed by atoms with Crippen LogP contribution >= 0.6 is 31.9 Å². The second kappa shape index (κ2) is 5.42. The van der Waals surface area contributed by atoms with Crippen LogP contribution in [0.2, 0.25) is 0 Å².